The first-order valence-electron chi connectivity index (χ1n) is 3.80. The molecule has 0 saturated carbocycles. The zero-order valence-electron chi connectivity index (χ0n) is 6.59. The van der Waals surface area contributed by atoms with Crippen LogP contribution in [0.3, 0.4) is 0 Å². The molecule has 62 valence electrons. The van der Waals surface area contributed by atoms with Crippen LogP contribution in [0.1, 0.15) is 19.8 Å². The first-order valence-corrected chi connectivity index (χ1v) is 4.78. The molecule has 0 aliphatic carbocycles. The van der Waals surface area contributed by atoms with E-state index in [1.54, 1.807) is 11.8 Å². The SMILES string of the molecule is CCC(=O)NC1=NCCCS1. The highest BCUT2D eigenvalue weighted by atomic mass is 32.2. The third-order valence-corrected chi connectivity index (χ3v) is 2.36. The van der Waals surface area contributed by atoms with Crippen molar-refractivity contribution in [2.24, 2.45) is 4.99 Å². The topological polar surface area (TPSA) is 41.5 Å². The van der Waals surface area contributed by atoms with Crippen LogP contribution >= 0.6 is 11.8 Å². The Morgan fingerprint density at radius 3 is 3.18 bits per heavy atom. The van der Waals surface area contributed by atoms with Gasteiger partial charge in [0.1, 0.15) is 0 Å². The fourth-order valence-corrected chi connectivity index (χ4v) is 1.58. The number of hydrogen-bond donors (Lipinski definition) is 1. The average molecular weight is 172 g/mol. The van der Waals surface area contributed by atoms with E-state index < -0.39 is 0 Å². The maximum absolute atomic E-state index is 10.9. The van der Waals surface area contributed by atoms with E-state index >= 15 is 0 Å². The van der Waals surface area contributed by atoms with Crippen LogP contribution in [0.25, 0.3) is 0 Å². The first kappa shape index (κ1) is 8.59. The van der Waals surface area contributed by atoms with E-state index in [-0.39, 0.29) is 5.91 Å². The van der Waals surface area contributed by atoms with Crippen LogP contribution < -0.4 is 5.32 Å². The molecule has 11 heavy (non-hydrogen) atoms. The van der Waals surface area contributed by atoms with Gasteiger partial charge in [-0.05, 0) is 6.42 Å². The van der Waals surface area contributed by atoms with E-state index in [2.05, 4.69) is 10.3 Å². The van der Waals surface area contributed by atoms with Gasteiger partial charge in [0, 0.05) is 18.7 Å². The molecule has 3 nitrogen and oxygen atoms in total. The molecule has 1 amide bonds. The van der Waals surface area contributed by atoms with Gasteiger partial charge in [-0.2, -0.15) is 0 Å². The van der Waals surface area contributed by atoms with Gasteiger partial charge in [0.05, 0.1) is 0 Å². The van der Waals surface area contributed by atoms with Gasteiger partial charge < -0.3 is 5.32 Å². The van der Waals surface area contributed by atoms with Crippen LogP contribution in [0, 0.1) is 0 Å². The molecule has 0 bridgehead atoms. The number of amides is 1. The van der Waals surface area contributed by atoms with Gasteiger partial charge in [0.25, 0.3) is 0 Å². The minimum absolute atomic E-state index is 0.0538. The minimum atomic E-state index is 0.0538. The Hall–Kier alpha value is -0.510. The largest absolute Gasteiger partial charge is 0.305 e. The van der Waals surface area contributed by atoms with Crippen molar-refractivity contribution in [3.8, 4) is 0 Å². The number of amidine groups is 1. The molecule has 0 atom stereocenters. The molecule has 1 aliphatic heterocycles. The monoisotopic (exact) mass is 172 g/mol. The zero-order chi connectivity index (χ0) is 8.10. The summed E-state index contributed by atoms with van der Waals surface area (Å²) in [6.07, 6.45) is 1.65. The molecular weight excluding hydrogens is 160 g/mol. The Morgan fingerprint density at radius 1 is 1.82 bits per heavy atom. The van der Waals surface area contributed by atoms with Gasteiger partial charge in [-0.3, -0.25) is 9.79 Å². The normalized spacial score (nSPS) is 17.4. The van der Waals surface area contributed by atoms with Gasteiger partial charge in [-0.15, -0.1) is 0 Å². The third-order valence-electron chi connectivity index (χ3n) is 1.36. The van der Waals surface area contributed by atoms with Gasteiger partial charge in [0.15, 0.2) is 5.17 Å². The second-order valence-corrected chi connectivity index (χ2v) is 3.37. The van der Waals surface area contributed by atoms with E-state index in [9.17, 15) is 4.79 Å². The molecule has 0 radical (unpaired) electrons. The van der Waals surface area contributed by atoms with Crippen molar-refractivity contribution in [2.75, 3.05) is 12.3 Å². The van der Waals surface area contributed by atoms with Crippen molar-refractivity contribution in [3.63, 3.8) is 0 Å². The Labute approximate surface area is 70.7 Å². The van der Waals surface area contributed by atoms with E-state index in [4.69, 9.17) is 0 Å². The van der Waals surface area contributed by atoms with Crippen molar-refractivity contribution in [1.82, 2.24) is 5.32 Å². The fraction of sp³-hybridized carbons (Fsp3) is 0.714. The summed E-state index contributed by atoms with van der Waals surface area (Å²) >= 11 is 1.62. The molecular formula is C7H12N2OS. The summed E-state index contributed by atoms with van der Waals surface area (Å²) in [5, 5.41) is 3.54. The number of aliphatic imine (C=N–C) groups is 1. The number of nitrogens with one attached hydrogen (secondary N) is 1. The van der Waals surface area contributed by atoms with Gasteiger partial charge in [-0.25, -0.2) is 0 Å². The Kier molecular flexibility index (Phi) is 3.42. The lowest BCUT2D eigenvalue weighted by molar-refractivity contribution is -0.119. The summed E-state index contributed by atoms with van der Waals surface area (Å²) in [5.74, 6) is 1.13. The van der Waals surface area contributed by atoms with E-state index in [0.29, 0.717) is 6.42 Å². The molecule has 0 aromatic carbocycles. The third kappa shape index (κ3) is 2.93. The second kappa shape index (κ2) is 4.38. The van der Waals surface area contributed by atoms with Gasteiger partial charge >= 0.3 is 0 Å². The maximum atomic E-state index is 10.9. The average Bonchev–Trinajstić information content (AvgIpc) is 2.06. The molecule has 0 aromatic heterocycles. The highest BCUT2D eigenvalue weighted by Crippen LogP contribution is 2.09. The van der Waals surface area contributed by atoms with Crippen molar-refractivity contribution in [2.45, 2.75) is 19.8 Å². The summed E-state index contributed by atoms with van der Waals surface area (Å²) in [4.78, 5) is 15.0. The predicted molar refractivity (Wildman–Crippen MR) is 47.8 cm³/mol. The lowest BCUT2D eigenvalue weighted by atomic mass is 10.5. The summed E-state index contributed by atoms with van der Waals surface area (Å²) < 4.78 is 0. The summed E-state index contributed by atoms with van der Waals surface area (Å²) in [6.45, 7) is 2.69. The van der Waals surface area contributed by atoms with Gasteiger partial charge in [0.2, 0.25) is 5.91 Å². The van der Waals surface area contributed by atoms with Crippen LogP contribution in [-0.4, -0.2) is 23.4 Å². The van der Waals surface area contributed by atoms with Crippen LogP contribution in [0.2, 0.25) is 0 Å². The number of hydrogen-bond acceptors (Lipinski definition) is 3. The fourth-order valence-electron chi connectivity index (χ4n) is 0.743. The molecule has 1 heterocycles. The van der Waals surface area contributed by atoms with Crippen LogP contribution in [-0.2, 0) is 4.79 Å². The highest BCUT2D eigenvalue weighted by Gasteiger charge is 2.07. The zero-order valence-corrected chi connectivity index (χ0v) is 7.41. The number of carbonyl (C=O) groups is 1. The van der Waals surface area contributed by atoms with Crippen molar-refractivity contribution in [3.05, 3.63) is 0 Å². The van der Waals surface area contributed by atoms with Crippen molar-refractivity contribution in [1.29, 1.82) is 0 Å². The second-order valence-electron chi connectivity index (χ2n) is 2.29. The van der Waals surface area contributed by atoms with E-state index in [1.165, 1.54) is 0 Å². The van der Waals surface area contributed by atoms with Crippen molar-refractivity contribution < 1.29 is 4.79 Å². The summed E-state index contributed by atoms with van der Waals surface area (Å²) in [6, 6.07) is 0. The maximum Gasteiger partial charge on any atom is 0.225 e. The lowest BCUT2D eigenvalue weighted by Crippen LogP contribution is -2.29. The molecule has 0 aromatic rings. The first-order chi connectivity index (χ1) is 5.33. The van der Waals surface area contributed by atoms with Crippen LogP contribution in [0.5, 0.6) is 0 Å². The van der Waals surface area contributed by atoms with Gasteiger partial charge in [-0.1, -0.05) is 18.7 Å². The molecule has 1 N–H and O–H groups in total. The Morgan fingerprint density at radius 2 is 2.64 bits per heavy atom. The molecule has 0 saturated heterocycles. The predicted octanol–water partition coefficient (Wildman–Crippen LogP) is 1.01. The highest BCUT2D eigenvalue weighted by molar-refractivity contribution is 8.13. The van der Waals surface area contributed by atoms with Crippen molar-refractivity contribution >= 4 is 22.8 Å². The molecule has 1 aliphatic rings. The summed E-state index contributed by atoms with van der Waals surface area (Å²) in [7, 11) is 0. The molecule has 0 fully saturated rings. The minimum Gasteiger partial charge on any atom is -0.305 e. The van der Waals surface area contributed by atoms with E-state index in [0.717, 1.165) is 23.9 Å². The molecule has 0 unspecified atom stereocenters. The standard InChI is InChI=1S/C7H12N2OS/c1-2-6(10)9-7-8-4-3-5-11-7/h2-5H2,1H3,(H,8,9,10). The number of thioether (sulfide) groups is 1. The molecule has 0 spiro atoms. The number of carbonyl (C=O) groups excluding carboxylic acids is 1. The summed E-state index contributed by atoms with van der Waals surface area (Å²) in [5.41, 5.74) is 0. The lowest BCUT2D eigenvalue weighted by Gasteiger charge is -2.10. The number of nitrogens with zero attached hydrogens (tertiary/aromatic N) is 1. The number of rotatable bonds is 1. The quantitative estimate of drug-likeness (QED) is 0.641. The molecule has 1 rings (SSSR count). The molecule has 4 heteroatoms. The Balaban J connectivity index is 2.35. The van der Waals surface area contributed by atoms with E-state index in [1.807, 2.05) is 6.92 Å². The van der Waals surface area contributed by atoms with Crippen LogP contribution in [0.4, 0.5) is 0 Å². The van der Waals surface area contributed by atoms with Crippen LogP contribution in [0.15, 0.2) is 4.99 Å². The smallest absolute Gasteiger partial charge is 0.225 e. The Bertz CT molecular complexity index is 179.